The summed E-state index contributed by atoms with van der Waals surface area (Å²) in [4.78, 5) is 11.2. The Kier molecular flexibility index (Phi) is 5.46. The van der Waals surface area contributed by atoms with Crippen molar-refractivity contribution in [3.8, 4) is 0 Å². The molecule has 0 spiro atoms. The standard InChI is InChI=1S/C16H10BrF6NO/c17-13(9-4-2-1-3-5-9)14(25)24-12-7-10(15(18,19)20)6-11(8-12)16(21,22)23/h1-8,13H,(H,24,25). The van der Waals surface area contributed by atoms with Crippen LogP contribution in [0, 0.1) is 0 Å². The smallest absolute Gasteiger partial charge is 0.325 e. The molecule has 0 saturated carbocycles. The molecule has 1 N–H and O–H groups in total. The molecule has 1 atom stereocenters. The maximum Gasteiger partial charge on any atom is 0.416 e. The molecule has 2 rings (SSSR count). The first kappa shape index (κ1) is 19.3. The highest BCUT2D eigenvalue weighted by molar-refractivity contribution is 9.09. The predicted octanol–water partition coefficient (Wildman–Crippen LogP) is 5.80. The van der Waals surface area contributed by atoms with E-state index in [9.17, 15) is 31.1 Å². The minimum absolute atomic E-state index is 0.00152. The van der Waals surface area contributed by atoms with Crippen molar-refractivity contribution in [1.29, 1.82) is 0 Å². The molecule has 0 radical (unpaired) electrons. The third-order valence-electron chi connectivity index (χ3n) is 3.18. The van der Waals surface area contributed by atoms with Gasteiger partial charge in [0.15, 0.2) is 0 Å². The van der Waals surface area contributed by atoms with Crippen LogP contribution in [0.5, 0.6) is 0 Å². The van der Waals surface area contributed by atoms with Crippen molar-refractivity contribution in [2.24, 2.45) is 0 Å². The summed E-state index contributed by atoms with van der Waals surface area (Å²) in [5, 5.41) is 2.08. The first-order chi connectivity index (χ1) is 11.5. The van der Waals surface area contributed by atoms with E-state index in [0.29, 0.717) is 17.7 Å². The lowest BCUT2D eigenvalue weighted by Crippen LogP contribution is -2.19. The number of anilines is 1. The van der Waals surface area contributed by atoms with Gasteiger partial charge >= 0.3 is 12.4 Å². The zero-order chi connectivity index (χ0) is 18.8. The minimum atomic E-state index is -4.98. The first-order valence-corrected chi connectivity index (χ1v) is 7.69. The topological polar surface area (TPSA) is 29.1 Å². The lowest BCUT2D eigenvalue weighted by Gasteiger charge is -2.16. The molecule has 0 aliphatic rings. The molecule has 0 fully saturated rings. The number of rotatable bonds is 3. The van der Waals surface area contributed by atoms with Crippen molar-refractivity contribution in [1.82, 2.24) is 0 Å². The van der Waals surface area contributed by atoms with Gasteiger partial charge in [-0.05, 0) is 23.8 Å². The first-order valence-electron chi connectivity index (χ1n) is 6.78. The van der Waals surface area contributed by atoms with Gasteiger partial charge in [-0.15, -0.1) is 0 Å². The average Bonchev–Trinajstić information content (AvgIpc) is 2.53. The van der Waals surface area contributed by atoms with Crippen LogP contribution in [-0.2, 0) is 17.1 Å². The average molecular weight is 426 g/mol. The molecule has 9 heteroatoms. The van der Waals surface area contributed by atoms with Crippen LogP contribution in [0.2, 0.25) is 0 Å². The number of amides is 1. The molecule has 0 bridgehead atoms. The van der Waals surface area contributed by atoms with Crippen molar-refractivity contribution in [3.05, 3.63) is 65.2 Å². The fourth-order valence-corrected chi connectivity index (χ4v) is 2.43. The lowest BCUT2D eigenvalue weighted by molar-refractivity contribution is -0.143. The summed E-state index contributed by atoms with van der Waals surface area (Å²) >= 11 is 3.07. The number of halogens is 7. The Balaban J connectivity index is 2.33. The molecule has 0 heterocycles. The van der Waals surface area contributed by atoms with E-state index in [0.717, 1.165) is 0 Å². The quantitative estimate of drug-likeness (QED) is 0.488. The second-order valence-electron chi connectivity index (χ2n) is 5.06. The maximum absolute atomic E-state index is 12.8. The van der Waals surface area contributed by atoms with E-state index in [-0.39, 0.29) is 6.07 Å². The predicted molar refractivity (Wildman–Crippen MR) is 83.2 cm³/mol. The number of carbonyl (C=O) groups excluding carboxylic acids is 1. The normalized spacial score (nSPS) is 13.4. The summed E-state index contributed by atoms with van der Waals surface area (Å²) < 4.78 is 76.8. The van der Waals surface area contributed by atoms with Gasteiger partial charge in [-0.3, -0.25) is 4.79 Å². The number of nitrogens with one attached hydrogen (secondary N) is 1. The van der Waals surface area contributed by atoms with Crippen LogP contribution >= 0.6 is 15.9 Å². The van der Waals surface area contributed by atoms with Gasteiger partial charge < -0.3 is 5.32 Å². The third-order valence-corrected chi connectivity index (χ3v) is 4.12. The second kappa shape index (κ2) is 7.07. The minimum Gasteiger partial charge on any atom is -0.325 e. The van der Waals surface area contributed by atoms with Gasteiger partial charge in [0.1, 0.15) is 4.83 Å². The Morgan fingerprint density at radius 2 is 1.36 bits per heavy atom. The van der Waals surface area contributed by atoms with E-state index in [1.165, 1.54) is 0 Å². The molecule has 2 nitrogen and oxygen atoms in total. The van der Waals surface area contributed by atoms with Crippen LogP contribution in [-0.4, -0.2) is 5.91 Å². The van der Waals surface area contributed by atoms with E-state index in [1.54, 1.807) is 30.3 Å². The van der Waals surface area contributed by atoms with Crippen molar-refractivity contribution in [2.75, 3.05) is 5.32 Å². The molecule has 1 unspecified atom stereocenters. The summed E-state index contributed by atoms with van der Waals surface area (Å²) in [5.74, 6) is -0.793. The molecular weight excluding hydrogens is 416 g/mol. The van der Waals surface area contributed by atoms with Crippen LogP contribution in [0.1, 0.15) is 21.5 Å². The lowest BCUT2D eigenvalue weighted by atomic mass is 10.1. The van der Waals surface area contributed by atoms with Crippen molar-refractivity contribution < 1.29 is 31.1 Å². The highest BCUT2D eigenvalue weighted by Gasteiger charge is 2.37. The van der Waals surface area contributed by atoms with Crippen LogP contribution < -0.4 is 5.32 Å². The van der Waals surface area contributed by atoms with Gasteiger partial charge in [0.2, 0.25) is 5.91 Å². The number of carbonyl (C=O) groups is 1. The number of benzene rings is 2. The number of hydrogen-bond donors (Lipinski definition) is 1. The molecule has 25 heavy (non-hydrogen) atoms. The Hall–Kier alpha value is -2.03. The van der Waals surface area contributed by atoms with E-state index < -0.39 is 39.9 Å². The third kappa shape index (κ3) is 4.97. The van der Waals surface area contributed by atoms with E-state index >= 15 is 0 Å². The largest absolute Gasteiger partial charge is 0.416 e. The SMILES string of the molecule is O=C(Nc1cc(C(F)(F)F)cc(C(F)(F)F)c1)C(Br)c1ccccc1. The molecule has 0 aliphatic heterocycles. The van der Waals surface area contributed by atoms with Crippen molar-refractivity contribution >= 4 is 27.5 Å². The van der Waals surface area contributed by atoms with Gasteiger partial charge in [-0.2, -0.15) is 26.3 Å². The van der Waals surface area contributed by atoms with Gasteiger partial charge in [0.05, 0.1) is 11.1 Å². The molecule has 1 amide bonds. The number of hydrogen-bond acceptors (Lipinski definition) is 1. The summed E-state index contributed by atoms with van der Waals surface area (Å²) in [7, 11) is 0. The van der Waals surface area contributed by atoms with Crippen LogP contribution in [0.15, 0.2) is 48.5 Å². The van der Waals surface area contributed by atoms with E-state index in [1.807, 2.05) is 0 Å². The molecular formula is C16H10BrF6NO. The monoisotopic (exact) mass is 425 g/mol. The molecule has 0 saturated heterocycles. The summed E-state index contributed by atoms with van der Waals surface area (Å²) in [6.45, 7) is 0. The Bertz CT molecular complexity index is 725. The molecule has 134 valence electrons. The van der Waals surface area contributed by atoms with E-state index in [4.69, 9.17) is 0 Å². The summed E-state index contributed by atoms with van der Waals surface area (Å²) in [6, 6.07) is 9.07. The van der Waals surface area contributed by atoms with Crippen molar-refractivity contribution in [2.45, 2.75) is 17.2 Å². The Labute approximate surface area is 147 Å². The summed E-state index contributed by atoms with van der Waals surface area (Å²) in [5.41, 5.74) is -3.08. The van der Waals surface area contributed by atoms with Gasteiger partial charge in [-0.25, -0.2) is 0 Å². The van der Waals surface area contributed by atoms with Crippen LogP contribution in [0.3, 0.4) is 0 Å². The zero-order valence-electron chi connectivity index (χ0n) is 12.3. The maximum atomic E-state index is 12.8. The molecule has 0 aromatic heterocycles. The van der Waals surface area contributed by atoms with E-state index in [2.05, 4.69) is 21.2 Å². The van der Waals surface area contributed by atoms with Crippen molar-refractivity contribution in [3.63, 3.8) is 0 Å². The molecule has 2 aromatic rings. The molecule has 0 aliphatic carbocycles. The van der Waals surface area contributed by atoms with Gasteiger partial charge in [0.25, 0.3) is 0 Å². The Morgan fingerprint density at radius 3 is 1.80 bits per heavy atom. The van der Waals surface area contributed by atoms with Gasteiger partial charge in [-0.1, -0.05) is 46.3 Å². The number of alkyl halides is 7. The van der Waals surface area contributed by atoms with Gasteiger partial charge in [0, 0.05) is 5.69 Å². The second-order valence-corrected chi connectivity index (χ2v) is 5.97. The highest BCUT2D eigenvalue weighted by atomic mass is 79.9. The molecule has 2 aromatic carbocycles. The Morgan fingerprint density at radius 1 is 0.880 bits per heavy atom. The fraction of sp³-hybridized carbons (Fsp3) is 0.188. The zero-order valence-corrected chi connectivity index (χ0v) is 13.8. The summed E-state index contributed by atoms with van der Waals surface area (Å²) in [6.07, 6.45) is -9.96. The fourth-order valence-electron chi connectivity index (χ4n) is 2.01. The van der Waals surface area contributed by atoms with Crippen LogP contribution in [0.25, 0.3) is 0 Å². The van der Waals surface area contributed by atoms with Crippen LogP contribution in [0.4, 0.5) is 32.0 Å². The highest BCUT2D eigenvalue weighted by Crippen LogP contribution is 2.38.